The van der Waals surface area contributed by atoms with Crippen molar-refractivity contribution < 1.29 is 26.1 Å². The van der Waals surface area contributed by atoms with Gasteiger partial charge in [-0.1, -0.05) is 28.4 Å². The Labute approximate surface area is 214 Å². The van der Waals surface area contributed by atoms with Gasteiger partial charge in [-0.15, -0.1) is 10.2 Å². The van der Waals surface area contributed by atoms with Gasteiger partial charge >= 0.3 is 6.18 Å². The highest BCUT2D eigenvalue weighted by Gasteiger charge is 2.35. The van der Waals surface area contributed by atoms with Crippen molar-refractivity contribution >= 4 is 55.7 Å². The Kier molecular flexibility index (Phi) is 5.88. The number of pyridine rings is 1. The number of alkyl halides is 3. The number of sulfonamides is 1. The van der Waals surface area contributed by atoms with Gasteiger partial charge in [0.1, 0.15) is 17.5 Å². The van der Waals surface area contributed by atoms with Crippen molar-refractivity contribution in [2.24, 2.45) is 0 Å². The third-order valence-electron chi connectivity index (χ3n) is 5.31. The number of aromatic nitrogens is 6. The number of hydrogen-bond donors (Lipinski definition) is 1. The standard InChI is InChI=1S/C20H12Cl2F3N7O4S/c1-2-31-14-8-36-29-16(14)32-17(27-28-18(32)19(31)33)15-13(5-9(21)7-26-15)30-37(34,35)10-3-4-12(22)11(6-10)20(23,24)25/h3-8,30H,2H2,1H3. The van der Waals surface area contributed by atoms with Gasteiger partial charge in [0, 0.05) is 12.7 Å². The zero-order chi connectivity index (χ0) is 26.7. The van der Waals surface area contributed by atoms with Gasteiger partial charge in [0.25, 0.3) is 15.6 Å². The van der Waals surface area contributed by atoms with E-state index in [9.17, 15) is 26.4 Å². The molecule has 4 heterocycles. The molecule has 0 aliphatic carbocycles. The number of hydrogen-bond acceptors (Lipinski definition) is 8. The van der Waals surface area contributed by atoms with Crippen molar-refractivity contribution in [1.29, 1.82) is 0 Å². The van der Waals surface area contributed by atoms with Crippen molar-refractivity contribution in [3.8, 4) is 11.5 Å². The van der Waals surface area contributed by atoms with E-state index in [4.69, 9.17) is 27.7 Å². The maximum Gasteiger partial charge on any atom is 0.417 e. The smallest absolute Gasteiger partial charge is 0.360 e. The largest absolute Gasteiger partial charge is 0.417 e. The van der Waals surface area contributed by atoms with E-state index in [-0.39, 0.29) is 40.1 Å². The van der Waals surface area contributed by atoms with E-state index < -0.39 is 37.2 Å². The molecule has 4 aromatic heterocycles. The van der Waals surface area contributed by atoms with Gasteiger partial charge in [-0.05, 0) is 31.2 Å². The first-order valence-electron chi connectivity index (χ1n) is 10.2. The van der Waals surface area contributed by atoms with E-state index in [2.05, 4.69) is 25.1 Å². The number of aryl methyl sites for hydroxylation is 1. The Morgan fingerprint density at radius 2 is 1.89 bits per heavy atom. The molecule has 0 radical (unpaired) electrons. The normalized spacial score (nSPS) is 12.5. The van der Waals surface area contributed by atoms with E-state index >= 15 is 0 Å². The molecule has 0 saturated heterocycles. The van der Waals surface area contributed by atoms with Crippen molar-refractivity contribution in [1.82, 2.24) is 29.3 Å². The first-order valence-corrected chi connectivity index (χ1v) is 12.4. The molecule has 1 N–H and O–H groups in total. The number of nitrogens with one attached hydrogen (secondary N) is 1. The summed E-state index contributed by atoms with van der Waals surface area (Å²) in [6, 6.07) is 3.32. The Morgan fingerprint density at radius 3 is 2.59 bits per heavy atom. The average molecular weight is 574 g/mol. The fourth-order valence-electron chi connectivity index (χ4n) is 3.67. The molecule has 0 fully saturated rings. The first kappa shape index (κ1) is 25.0. The van der Waals surface area contributed by atoms with Crippen LogP contribution in [0.4, 0.5) is 18.9 Å². The molecule has 11 nitrogen and oxygen atoms in total. The van der Waals surface area contributed by atoms with E-state index in [1.807, 2.05) is 0 Å². The molecule has 0 saturated carbocycles. The fraction of sp³-hybridized carbons (Fsp3) is 0.150. The molecule has 5 aromatic rings. The van der Waals surface area contributed by atoms with E-state index in [0.29, 0.717) is 11.6 Å². The lowest BCUT2D eigenvalue weighted by Crippen LogP contribution is -2.22. The maximum atomic E-state index is 13.3. The number of rotatable bonds is 5. The minimum atomic E-state index is -4.89. The summed E-state index contributed by atoms with van der Waals surface area (Å²) in [6.45, 7) is 2.01. The Hall–Kier alpha value is -3.69. The van der Waals surface area contributed by atoms with Gasteiger partial charge in [0.05, 0.1) is 26.2 Å². The molecule has 5 rings (SSSR count). The third-order valence-corrected chi connectivity index (χ3v) is 7.21. The molecular formula is C20H12Cl2F3N7O4S. The van der Waals surface area contributed by atoms with Crippen LogP contribution in [0.3, 0.4) is 0 Å². The summed E-state index contributed by atoms with van der Waals surface area (Å²) in [4.78, 5) is 16.3. The minimum Gasteiger partial charge on any atom is -0.360 e. The second kappa shape index (κ2) is 8.71. The topological polar surface area (TPSA) is 137 Å². The quantitative estimate of drug-likeness (QED) is 0.329. The molecule has 0 bridgehead atoms. The van der Waals surface area contributed by atoms with Crippen LogP contribution in [0.2, 0.25) is 10.0 Å². The summed E-state index contributed by atoms with van der Waals surface area (Å²) < 4.78 is 75.8. The molecule has 0 unspecified atom stereocenters. The van der Waals surface area contributed by atoms with Gasteiger partial charge in [-0.3, -0.25) is 14.1 Å². The summed E-state index contributed by atoms with van der Waals surface area (Å²) in [5, 5.41) is 11.1. The molecule has 0 aliphatic heterocycles. The van der Waals surface area contributed by atoms with Crippen LogP contribution in [0.5, 0.6) is 0 Å². The number of halogens is 5. The second-order valence-corrected chi connectivity index (χ2v) is 10.1. The summed E-state index contributed by atoms with van der Waals surface area (Å²) in [7, 11) is -4.61. The Bertz CT molecular complexity index is 1870. The molecule has 0 atom stereocenters. The third kappa shape index (κ3) is 4.18. The number of fused-ring (bicyclic) bond motifs is 3. The van der Waals surface area contributed by atoms with Crippen molar-refractivity contribution in [3.63, 3.8) is 0 Å². The summed E-state index contributed by atoms with van der Waals surface area (Å²) in [5.74, 6) is -0.101. The van der Waals surface area contributed by atoms with Gasteiger partial charge in [-0.2, -0.15) is 13.2 Å². The molecule has 192 valence electrons. The fourth-order valence-corrected chi connectivity index (χ4v) is 5.14. The molecular weight excluding hydrogens is 562 g/mol. The maximum absolute atomic E-state index is 13.3. The average Bonchev–Trinajstić information content (AvgIpc) is 3.46. The van der Waals surface area contributed by atoms with Gasteiger partial charge < -0.3 is 4.52 Å². The highest BCUT2D eigenvalue weighted by atomic mass is 35.5. The predicted octanol–water partition coefficient (Wildman–Crippen LogP) is 4.24. The van der Waals surface area contributed by atoms with Gasteiger partial charge in [0.15, 0.2) is 5.82 Å². The molecule has 37 heavy (non-hydrogen) atoms. The lowest BCUT2D eigenvalue weighted by Gasteiger charge is -2.14. The number of anilines is 1. The molecule has 1 aromatic carbocycles. The molecule has 0 amide bonds. The van der Waals surface area contributed by atoms with E-state index in [1.165, 1.54) is 27.5 Å². The number of nitrogens with zero attached hydrogens (tertiary/aromatic N) is 6. The zero-order valence-electron chi connectivity index (χ0n) is 18.3. The van der Waals surface area contributed by atoms with Crippen LogP contribution in [-0.2, 0) is 22.7 Å². The SMILES string of the molecule is CCn1c(=O)c2nnc(-c3ncc(Cl)cc3NS(=O)(=O)c3ccc(Cl)c(C(F)(F)F)c3)n2c2nocc21. The van der Waals surface area contributed by atoms with Crippen LogP contribution < -0.4 is 10.3 Å². The summed E-state index contributed by atoms with van der Waals surface area (Å²) in [6.07, 6.45) is -2.45. The van der Waals surface area contributed by atoms with Crippen molar-refractivity contribution in [3.05, 3.63) is 62.7 Å². The van der Waals surface area contributed by atoms with Crippen molar-refractivity contribution in [2.45, 2.75) is 24.5 Å². The lowest BCUT2D eigenvalue weighted by atomic mass is 10.2. The monoisotopic (exact) mass is 573 g/mol. The second-order valence-electron chi connectivity index (χ2n) is 7.55. The van der Waals surface area contributed by atoms with E-state index in [1.54, 1.807) is 6.92 Å². The lowest BCUT2D eigenvalue weighted by molar-refractivity contribution is -0.137. The van der Waals surface area contributed by atoms with Crippen LogP contribution in [0, 0.1) is 0 Å². The zero-order valence-corrected chi connectivity index (χ0v) is 20.6. The summed E-state index contributed by atoms with van der Waals surface area (Å²) >= 11 is 11.6. The van der Waals surface area contributed by atoms with Crippen LogP contribution >= 0.6 is 23.2 Å². The Morgan fingerprint density at radius 1 is 1.14 bits per heavy atom. The molecule has 0 spiro atoms. The van der Waals surface area contributed by atoms with Crippen LogP contribution in [0.1, 0.15) is 12.5 Å². The van der Waals surface area contributed by atoms with Crippen molar-refractivity contribution in [2.75, 3.05) is 4.72 Å². The predicted molar refractivity (Wildman–Crippen MR) is 126 cm³/mol. The van der Waals surface area contributed by atoms with Gasteiger partial charge in [-0.25, -0.2) is 17.8 Å². The highest BCUT2D eigenvalue weighted by molar-refractivity contribution is 7.92. The van der Waals surface area contributed by atoms with Crippen LogP contribution in [-0.4, -0.2) is 37.7 Å². The van der Waals surface area contributed by atoms with Crippen LogP contribution in [0.25, 0.3) is 28.3 Å². The Balaban J connectivity index is 1.69. The summed E-state index contributed by atoms with van der Waals surface area (Å²) in [5.41, 5.74) is -1.91. The highest BCUT2D eigenvalue weighted by Crippen LogP contribution is 2.37. The first-order chi connectivity index (χ1) is 17.4. The minimum absolute atomic E-state index is 0.00211. The molecule has 17 heteroatoms. The molecule has 0 aliphatic rings. The van der Waals surface area contributed by atoms with Crippen LogP contribution in [0.15, 0.2) is 50.9 Å². The van der Waals surface area contributed by atoms with Gasteiger partial charge in [0.2, 0.25) is 11.3 Å². The number of benzene rings is 1. The van der Waals surface area contributed by atoms with E-state index in [0.717, 1.165) is 12.1 Å².